The number of aryl methyl sites for hydroxylation is 1. The fourth-order valence-corrected chi connectivity index (χ4v) is 5.30. The number of nitrogens with zero attached hydrogens (tertiary/aromatic N) is 4. The van der Waals surface area contributed by atoms with Crippen LogP contribution in [-0.4, -0.2) is 64.7 Å². The van der Waals surface area contributed by atoms with E-state index in [4.69, 9.17) is 4.74 Å². The highest BCUT2D eigenvalue weighted by atomic mass is 16.5. The Bertz CT molecular complexity index is 1020. The van der Waals surface area contributed by atoms with E-state index in [0.717, 1.165) is 62.9 Å². The van der Waals surface area contributed by atoms with Crippen LogP contribution in [0.1, 0.15) is 48.2 Å². The van der Waals surface area contributed by atoms with Crippen molar-refractivity contribution in [3.63, 3.8) is 0 Å². The lowest BCUT2D eigenvalue weighted by atomic mass is 9.84. The van der Waals surface area contributed by atoms with Crippen LogP contribution in [0.2, 0.25) is 0 Å². The van der Waals surface area contributed by atoms with Crippen molar-refractivity contribution >= 4 is 11.8 Å². The lowest BCUT2D eigenvalue weighted by Crippen LogP contribution is -2.49. The van der Waals surface area contributed by atoms with Gasteiger partial charge in [0, 0.05) is 45.3 Å². The number of amides is 2. The summed E-state index contributed by atoms with van der Waals surface area (Å²) in [5, 5.41) is 4.33. The third kappa shape index (κ3) is 5.51. The Morgan fingerprint density at radius 2 is 1.97 bits per heavy atom. The van der Waals surface area contributed by atoms with Crippen LogP contribution in [0.5, 0.6) is 5.75 Å². The number of piperidine rings is 1. The number of carbonyl (C=O) groups is 2. The first-order valence-electron chi connectivity index (χ1n) is 12.3. The molecule has 0 bridgehead atoms. The van der Waals surface area contributed by atoms with Gasteiger partial charge < -0.3 is 14.5 Å². The number of carbonyl (C=O) groups excluding carboxylic acids is 2. The van der Waals surface area contributed by atoms with Crippen molar-refractivity contribution in [1.82, 2.24) is 19.6 Å². The molecule has 2 aromatic rings. The van der Waals surface area contributed by atoms with Gasteiger partial charge in [-0.3, -0.25) is 14.3 Å². The quantitative estimate of drug-likeness (QED) is 0.586. The Balaban J connectivity index is 1.49. The van der Waals surface area contributed by atoms with Crippen LogP contribution in [0.15, 0.2) is 48.7 Å². The average Bonchev–Trinajstić information content (AvgIpc) is 3.33. The minimum Gasteiger partial charge on any atom is -0.497 e. The molecule has 1 aromatic heterocycles. The molecule has 0 N–H and O–H groups in total. The van der Waals surface area contributed by atoms with Crippen LogP contribution in [0, 0.1) is 11.8 Å². The van der Waals surface area contributed by atoms with Gasteiger partial charge in [0.1, 0.15) is 11.4 Å². The first-order valence-corrected chi connectivity index (χ1v) is 12.3. The molecule has 1 aromatic carbocycles. The first-order chi connectivity index (χ1) is 16.5. The van der Waals surface area contributed by atoms with Crippen LogP contribution in [-0.2, 0) is 18.3 Å². The average molecular weight is 465 g/mol. The summed E-state index contributed by atoms with van der Waals surface area (Å²) in [5.41, 5.74) is 1.59. The maximum Gasteiger partial charge on any atom is 0.274 e. The van der Waals surface area contributed by atoms with Crippen LogP contribution >= 0.6 is 0 Å². The fourth-order valence-electron chi connectivity index (χ4n) is 5.30. The zero-order valence-corrected chi connectivity index (χ0v) is 20.5. The van der Waals surface area contributed by atoms with E-state index in [1.54, 1.807) is 24.1 Å². The maximum atomic E-state index is 13.3. The minimum atomic E-state index is -0.0685. The topological polar surface area (TPSA) is 67.7 Å². The second-order valence-electron chi connectivity index (χ2n) is 9.56. The third-order valence-electron chi connectivity index (χ3n) is 7.34. The molecular weight excluding hydrogens is 428 g/mol. The minimum absolute atomic E-state index is 0.0106. The summed E-state index contributed by atoms with van der Waals surface area (Å²) in [7, 11) is 5.37. The van der Waals surface area contributed by atoms with Crippen LogP contribution in [0.3, 0.4) is 0 Å². The van der Waals surface area contributed by atoms with Crippen LogP contribution in [0.4, 0.5) is 0 Å². The summed E-state index contributed by atoms with van der Waals surface area (Å²) >= 11 is 0. The number of hydrogen-bond acceptors (Lipinski definition) is 4. The smallest absolute Gasteiger partial charge is 0.274 e. The van der Waals surface area contributed by atoms with Crippen LogP contribution in [0.25, 0.3) is 0 Å². The van der Waals surface area contributed by atoms with Crippen molar-refractivity contribution in [1.29, 1.82) is 0 Å². The van der Waals surface area contributed by atoms with E-state index in [-0.39, 0.29) is 17.9 Å². The zero-order chi connectivity index (χ0) is 24.1. The van der Waals surface area contributed by atoms with Crippen molar-refractivity contribution in [2.75, 3.05) is 27.2 Å². The van der Waals surface area contributed by atoms with Gasteiger partial charge in [-0.05, 0) is 68.2 Å². The van der Waals surface area contributed by atoms with Gasteiger partial charge in [-0.15, -0.1) is 0 Å². The van der Waals surface area contributed by atoms with Gasteiger partial charge in [-0.25, -0.2) is 0 Å². The van der Waals surface area contributed by atoms with Gasteiger partial charge in [0.2, 0.25) is 5.91 Å². The summed E-state index contributed by atoms with van der Waals surface area (Å²) in [6.07, 6.45) is 11.4. The van der Waals surface area contributed by atoms with Gasteiger partial charge >= 0.3 is 0 Å². The highest BCUT2D eigenvalue weighted by molar-refractivity contribution is 5.92. The lowest BCUT2D eigenvalue weighted by molar-refractivity contribution is -0.137. The predicted molar refractivity (Wildman–Crippen MR) is 132 cm³/mol. The molecule has 7 nitrogen and oxygen atoms in total. The number of likely N-dealkylation sites (tertiary alicyclic amines) is 1. The predicted octanol–water partition coefficient (Wildman–Crippen LogP) is 3.71. The molecule has 1 fully saturated rings. The SMILES string of the molecule is COc1cccc(C[C@@H](C2CCN(C(=O)[C@@H]3CC=CCC3)CC2)N(C)C(=O)c2ccn(C)n2)c1. The molecular formula is C27H36N4O3. The van der Waals surface area contributed by atoms with Crippen LogP contribution < -0.4 is 4.74 Å². The molecule has 2 aliphatic rings. The molecule has 182 valence electrons. The molecule has 1 aliphatic carbocycles. The maximum absolute atomic E-state index is 13.3. The van der Waals surface area contributed by atoms with Crippen molar-refractivity contribution in [3.8, 4) is 5.75 Å². The van der Waals surface area contributed by atoms with Gasteiger partial charge in [-0.2, -0.15) is 5.10 Å². The molecule has 4 rings (SSSR count). The van der Waals surface area contributed by atoms with Gasteiger partial charge in [-0.1, -0.05) is 24.3 Å². The second kappa shape index (κ2) is 10.9. The summed E-state index contributed by atoms with van der Waals surface area (Å²) in [6, 6.07) is 9.83. The molecule has 2 heterocycles. The van der Waals surface area contributed by atoms with Crippen molar-refractivity contribution < 1.29 is 14.3 Å². The molecule has 1 aliphatic heterocycles. The monoisotopic (exact) mass is 464 g/mol. The number of methoxy groups -OCH3 is 1. The first kappa shape index (κ1) is 24.0. The largest absolute Gasteiger partial charge is 0.497 e. The van der Waals surface area contributed by atoms with E-state index >= 15 is 0 Å². The van der Waals surface area contributed by atoms with E-state index in [9.17, 15) is 9.59 Å². The molecule has 2 atom stereocenters. The lowest BCUT2D eigenvalue weighted by Gasteiger charge is -2.41. The summed E-state index contributed by atoms with van der Waals surface area (Å²) < 4.78 is 7.07. The van der Waals surface area contributed by atoms with Crippen molar-refractivity contribution in [2.24, 2.45) is 18.9 Å². The van der Waals surface area contributed by atoms with E-state index in [0.29, 0.717) is 17.5 Å². The fraction of sp³-hybridized carbons (Fsp3) is 0.519. The Morgan fingerprint density at radius 3 is 2.62 bits per heavy atom. The number of hydrogen-bond donors (Lipinski definition) is 0. The van der Waals surface area contributed by atoms with Gasteiger partial charge in [0.15, 0.2) is 0 Å². The highest BCUT2D eigenvalue weighted by Crippen LogP contribution is 2.30. The molecule has 0 spiro atoms. The number of allylic oxidation sites excluding steroid dienone is 2. The van der Waals surface area contributed by atoms with E-state index < -0.39 is 0 Å². The third-order valence-corrected chi connectivity index (χ3v) is 7.34. The Kier molecular flexibility index (Phi) is 7.70. The van der Waals surface area contributed by atoms with Crippen molar-refractivity contribution in [2.45, 2.75) is 44.6 Å². The molecule has 2 amide bonds. The van der Waals surface area contributed by atoms with Crippen molar-refractivity contribution in [3.05, 3.63) is 59.9 Å². The van der Waals surface area contributed by atoms with E-state index in [1.165, 1.54) is 0 Å². The van der Waals surface area contributed by atoms with E-state index in [1.807, 2.05) is 42.1 Å². The van der Waals surface area contributed by atoms with E-state index in [2.05, 4.69) is 23.3 Å². The van der Waals surface area contributed by atoms with Gasteiger partial charge in [0.25, 0.3) is 5.91 Å². The molecule has 1 saturated heterocycles. The Labute approximate surface area is 202 Å². The second-order valence-corrected chi connectivity index (χ2v) is 9.56. The Hall–Kier alpha value is -3.09. The normalized spacial score (nSPS) is 19.6. The zero-order valence-electron chi connectivity index (χ0n) is 20.5. The summed E-state index contributed by atoms with van der Waals surface area (Å²) in [4.78, 5) is 30.2. The number of benzene rings is 1. The molecule has 34 heavy (non-hydrogen) atoms. The number of aromatic nitrogens is 2. The Morgan fingerprint density at radius 1 is 1.18 bits per heavy atom. The summed E-state index contributed by atoms with van der Waals surface area (Å²) in [6.45, 7) is 1.51. The highest BCUT2D eigenvalue weighted by Gasteiger charge is 2.35. The number of ether oxygens (including phenoxy) is 1. The number of rotatable bonds is 7. The van der Waals surface area contributed by atoms with Gasteiger partial charge in [0.05, 0.1) is 7.11 Å². The molecule has 0 unspecified atom stereocenters. The molecule has 0 saturated carbocycles. The number of likely N-dealkylation sites (N-methyl/N-ethyl adjacent to an activating group) is 1. The standard InChI is InChI=1S/C27H36N4O3/c1-29-15-14-24(28-29)27(33)30(2)25(19-20-8-7-11-23(18-20)34-3)21-12-16-31(17-13-21)26(32)22-9-5-4-6-10-22/h4-5,7-8,11,14-15,18,21-22,25H,6,9-10,12-13,16-17,19H2,1-3H3/t22-,25+/m1/s1. The molecule has 0 radical (unpaired) electrons. The summed E-state index contributed by atoms with van der Waals surface area (Å²) in [5.74, 6) is 1.48. The molecule has 7 heteroatoms.